The summed E-state index contributed by atoms with van der Waals surface area (Å²) >= 11 is 0. The lowest BCUT2D eigenvalue weighted by Crippen LogP contribution is -2.07. The fourth-order valence-electron chi connectivity index (χ4n) is 1.04. The maximum Gasteiger partial charge on any atom is 0.250 e. The van der Waals surface area contributed by atoms with Gasteiger partial charge in [-0.25, -0.2) is 0 Å². The Morgan fingerprint density at radius 1 is 1.67 bits per heavy atom. The van der Waals surface area contributed by atoms with E-state index in [4.69, 9.17) is 12.6 Å². The molecular weight excluding hydrogens is 157 g/mol. The van der Waals surface area contributed by atoms with Crippen LogP contribution in [0.25, 0.3) is 0 Å². The minimum absolute atomic E-state index is 0.154. The molecule has 2 radical (unpaired) electrons. The second-order valence-electron chi connectivity index (χ2n) is 2.49. The number of hydrogen-bond acceptors (Lipinski definition) is 3. The monoisotopic (exact) mass is 165 g/mol. The Morgan fingerprint density at radius 2 is 2.33 bits per heavy atom. The van der Waals surface area contributed by atoms with Crippen LogP contribution in [0.4, 0.5) is 0 Å². The topological polar surface area (TPSA) is 52.4 Å². The zero-order chi connectivity index (χ0) is 9.14. The molecule has 0 heterocycles. The first-order chi connectivity index (χ1) is 5.65. The van der Waals surface area contributed by atoms with Crippen LogP contribution < -0.4 is 0 Å². The number of methoxy groups -OCH3 is 1. The number of nitrogens with zero attached hydrogens (tertiary/aromatic N) is 1. The number of rotatable bonds is 2. The van der Waals surface area contributed by atoms with E-state index in [9.17, 15) is 10.1 Å². The van der Waals surface area contributed by atoms with Crippen molar-refractivity contribution in [1.82, 2.24) is 0 Å². The number of ether oxygens (including phenoxy) is 1. The highest BCUT2D eigenvalue weighted by atomic mass is 16.6. The maximum atomic E-state index is 10.3. The van der Waals surface area contributed by atoms with Gasteiger partial charge in [0.2, 0.25) is 5.70 Å². The predicted molar refractivity (Wildman–Crippen MR) is 44.1 cm³/mol. The van der Waals surface area contributed by atoms with Crippen molar-refractivity contribution in [3.05, 3.63) is 33.1 Å². The Labute approximate surface area is 71.5 Å². The molecule has 0 saturated heterocycles. The van der Waals surface area contributed by atoms with Crippen LogP contribution in [0.5, 0.6) is 0 Å². The Hall–Kier alpha value is -1.26. The molecule has 0 aromatic rings. The lowest BCUT2D eigenvalue weighted by atomic mass is 9.86. The Balaban J connectivity index is 2.90. The summed E-state index contributed by atoms with van der Waals surface area (Å²) in [7, 11) is 6.99. The summed E-state index contributed by atoms with van der Waals surface area (Å²) in [5.41, 5.74) is 0.726. The van der Waals surface area contributed by atoms with Crippen molar-refractivity contribution in [3.8, 4) is 0 Å². The van der Waals surface area contributed by atoms with Crippen molar-refractivity contribution in [2.24, 2.45) is 0 Å². The molecule has 0 bridgehead atoms. The molecule has 0 aliphatic heterocycles. The molecule has 0 amide bonds. The molecule has 0 fully saturated rings. The third-order valence-electron chi connectivity index (χ3n) is 1.72. The average Bonchev–Trinajstić information content (AvgIpc) is 2.05. The molecule has 5 heteroatoms. The summed E-state index contributed by atoms with van der Waals surface area (Å²) in [5, 5.41) is 10.3. The van der Waals surface area contributed by atoms with Crippen LogP contribution >= 0.6 is 0 Å². The first kappa shape index (κ1) is 8.84. The van der Waals surface area contributed by atoms with Crippen molar-refractivity contribution in [1.29, 1.82) is 0 Å². The van der Waals surface area contributed by atoms with Gasteiger partial charge in [0.25, 0.3) is 0 Å². The van der Waals surface area contributed by atoms with Crippen LogP contribution in [-0.4, -0.2) is 19.9 Å². The molecule has 1 aliphatic carbocycles. The van der Waals surface area contributed by atoms with E-state index in [1.165, 1.54) is 13.2 Å². The summed E-state index contributed by atoms with van der Waals surface area (Å²) in [6.45, 7) is 0. The van der Waals surface area contributed by atoms with Gasteiger partial charge in [-0.15, -0.1) is 0 Å². The first-order valence-electron chi connectivity index (χ1n) is 3.52. The van der Waals surface area contributed by atoms with E-state index in [-0.39, 0.29) is 5.70 Å². The minimum Gasteiger partial charge on any atom is -0.497 e. The second kappa shape index (κ2) is 3.43. The van der Waals surface area contributed by atoms with Gasteiger partial charge in [-0.05, 0) is 6.42 Å². The van der Waals surface area contributed by atoms with Gasteiger partial charge in [0, 0.05) is 6.42 Å². The van der Waals surface area contributed by atoms with Crippen LogP contribution in [0.1, 0.15) is 12.8 Å². The summed E-state index contributed by atoms with van der Waals surface area (Å²) < 4.78 is 4.86. The van der Waals surface area contributed by atoms with Gasteiger partial charge in [-0.2, -0.15) is 0 Å². The van der Waals surface area contributed by atoms with E-state index in [0.29, 0.717) is 24.1 Å². The normalized spacial score (nSPS) is 17.2. The molecule has 0 aromatic heterocycles. The highest BCUT2D eigenvalue weighted by Crippen LogP contribution is 2.22. The number of allylic oxidation sites excluding steroid dienone is 3. The summed E-state index contributed by atoms with van der Waals surface area (Å²) in [5.74, 6) is 0.410. The molecule has 0 atom stereocenters. The molecule has 0 spiro atoms. The number of hydrogen-bond donors (Lipinski definition) is 0. The largest absolute Gasteiger partial charge is 0.497 e. The highest BCUT2D eigenvalue weighted by Gasteiger charge is 2.18. The van der Waals surface area contributed by atoms with Gasteiger partial charge in [-0.3, -0.25) is 10.1 Å². The molecule has 0 unspecified atom stereocenters. The van der Waals surface area contributed by atoms with Crippen LogP contribution in [0.3, 0.4) is 0 Å². The van der Waals surface area contributed by atoms with Crippen LogP contribution in [0, 0.1) is 10.1 Å². The molecule has 4 nitrogen and oxygen atoms in total. The lowest BCUT2D eigenvalue weighted by Gasteiger charge is -2.11. The quantitative estimate of drug-likeness (QED) is 0.348. The fourth-order valence-corrected chi connectivity index (χ4v) is 1.04. The highest BCUT2D eigenvalue weighted by molar-refractivity contribution is 6.22. The van der Waals surface area contributed by atoms with Gasteiger partial charge in [-0.1, -0.05) is 5.47 Å². The molecular formula is C7H8BNO3. The standard InChI is InChI=1S/C7H8BNO3/c1-12-7-4-5(9(10)11)2-3-6(7)8/h4H,2-3H2,1H3. The van der Waals surface area contributed by atoms with Gasteiger partial charge >= 0.3 is 0 Å². The molecule has 1 aliphatic rings. The van der Waals surface area contributed by atoms with E-state index >= 15 is 0 Å². The van der Waals surface area contributed by atoms with Crippen molar-refractivity contribution in [3.63, 3.8) is 0 Å². The minimum atomic E-state index is -0.411. The summed E-state index contributed by atoms with van der Waals surface area (Å²) in [6, 6.07) is 0. The third kappa shape index (κ3) is 1.67. The van der Waals surface area contributed by atoms with Crippen LogP contribution in [0.2, 0.25) is 0 Å². The first-order valence-corrected chi connectivity index (χ1v) is 3.52. The maximum absolute atomic E-state index is 10.3. The van der Waals surface area contributed by atoms with Crippen LogP contribution in [0.15, 0.2) is 23.0 Å². The predicted octanol–water partition coefficient (Wildman–Crippen LogP) is 0.967. The number of nitro groups is 1. The summed E-state index contributed by atoms with van der Waals surface area (Å²) in [4.78, 5) is 9.93. The Kier molecular flexibility index (Phi) is 2.52. The average molecular weight is 165 g/mol. The van der Waals surface area contributed by atoms with Gasteiger partial charge in [0.15, 0.2) is 0 Å². The smallest absolute Gasteiger partial charge is 0.250 e. The molecule has 0 saturated carbocycles. The Bertz CT molecular complexity index is 270. The third-order valence-corrected chi connectivity index (χ3v) is 1.72. The molecule has 0 aromatic carbocycles. The van der Waals surface area contributed by atoms with Crippen molar-refractivity contribution in [2.75, 3.05) is 7.11 Å². The van der Waals surface area contributed by atoms with Crippen molar-refractivity contribution < 1.29 is 9.66 Å². The van der Waals surface area contributed by atoms with Crippen LogP contribution in [-0.2, 0) is 4.74 Å². The lowest BCUT2D eigenvalue weighted by molar-refractivity contribution is -0.428. The van der Waals surface area contributed by atoms with Gasteiger partial charge < -0.3 is 4.74 Å². The van der Waals surface area contributed by atoms with Crippen molar-refractivity contribution in [2.45, 2.75) is 12.8 Å². The van der Waals surface area contributed by atoms with E-state index in [1.54, 1.807) is 0 Å². The molecule has 1 rings (SSSR count). The molecule has 62 valence electrons. The zero-order valence-electron chi connectivity index (χ0n) is 6.74. The van der Waals surface area contributed by atoms with E-state index in [0.717, 1.165) is 0 Å². The van der Waals surface area contributed by atoms with Gasteiger partial charge in [0.05, 0.1) is 18.1 Å². The molecule has 0 N–H and O–H groups in total. The Morgan fingerprint density at radius 3 is 2.83 bits per heavy atom. The van der Waals surface area contributed by atoms with Gasteiger partial charge in [0.1, 0.15) is 13.6 Å². The van der Waals surface area contributed by atoms with Crippen molar-refractivity contribution >= 4 is 7.85 Å². The summed E-state index contributed by atoms with van der Waals surface area (Å²) in [6.07, 6.45) is 2.25. The van der Waals surface area contributed by atoms with E-state index in [2.05, 4.69) is 0 Å². The van der Waals surface area contributed by atoms with E-state index in [1.807, 2.05) is 0 Å². The zero-order valence-corrected chi connectivity index (χ0v) is 6.74. The fraction of sp³-hybridized carbons (Fsp3) is 0.429. The molecule has 12 heavy (non-hydrogen) atoms. The second-order valence-corrected chi connectivity index (χ2v) is 2.49. The van der Waals surface area contributed by atoms with E-state index < -0.39 is 4.92 Å². The SMILES string of the molecule is [B]C1=C(OC)C=C([N+](=O)[O-])CC1.